The molecule has 4 saturated carbocycles. The molecule has 9 atom stereocenters. The molecule has 8 unspecified atom stereocenters. The average Bonchev–Trinajstić information content (AvgIpc) is 3.07. The van der Waals surface area contributed by atoms with Crippen LogP contribution in [0.3, 0.4) is 0 Å². The Bertz CT molecular complexity index is 540. The lowest BCUT2D eigenvalue weighted by molar-refractivity contribution is -0.129. The minimum Gasteiger partial charge on any atom is -0.393 e. The summed E-state index contributed by atoms with van der Waals surface area (Å²) in [4.78, 5) is 0. The fourth-order valence-electron chi connectivity index (χ4n) is 9.26. The van der Waals surface area contributed by atoms with E-state index in [0.717, 1.165) is 54.3 Å². The third-order valence-electron chi connectivity index (χ3n) is 10.8. The van der Waals surface area contributed by atoms with Crippen molar-refractivity contribution in [3.63, 3.8) is 0 Å². The van der Waals surface area contributed by atoms with Gasteiger partial charge in [0.05, 0.1) is 6.10 Å². The molecule has 0 saturated heterocycles. The van der Waals surface area contributed by atoms with Gasteiger partial charge >= 0.3 is 0 Å². The molecule has 0 heterocycles. The monoisotopic (exact) mass is 418 g/mol. The van der Waals surface area contributed by atoms with Gasteiger partial charge in [0, 0.05) is 0 Å². The Morgan fingerprint density at radius 1 is 0.800 bits per heavy atom. The molecule has 0 aromatic rings. The molecule has 0 aromatic carbocycles. The van der Waals surface area contributed by atoms with Crippen molar-refractivity contribution in [1.82, 2.24) is 0 Å². The van der Waals surface area contributed by atoms with Gasteiger partial charge in [0.1, 0.15) is 0 Å². The maximum absolute atomic E-state index is 10.3. The van der Waals surface area contributed by atoms with E-state index in [9.17, 15) is 5.11 Å². The van der Waals surface area contributed by atoms with Gasteiger partial charge in [0.15, 0.2) is 0 Å². The SMILES string of the molecule is CC.CC(C)CCC[C@@H](C)C1CCC2C3CCC4CC(O)CCC4(C)C3CCC21C. The Morgan fingerprint density at radius 3 is 2.17 bits per heavy atom. The maximum atomic E-state index is 10.3. The second-order valence-electron chi connectivity index (χ2n) is 12.6. The molecule has 0 amide bonds. The van der Waals surface area contributed by atoms with Gasteiger partial charge in [-0.15, -0.1) is 0 Å². The Morgan fingerprint density at radius 2 is 1.47 bits per heavy atom. The van der Waals surface area contributed by atoms with Crippen LogP contribution in [0, 0.1) is 52.3 Å². The lowest BCUT2D eigenvalue weighted by Gasteiger charge is -2.61. The van der Waals surface area contributed by atoms with Crippen molar-refractivity contribution in [2.75, 3.05) is 0 Å². The molecule has 1 N–H and O–H groups in total. The molecule has 176 valence electrons. The van der Waals surface area contributed by atoms with E-state index in [4.69, 9.17) is 0 Å². The first-order valence-electron chi connectivity index (χ1n) is 13.9. The third kappa shape index (κ3) is 4.40. The van der Waals surface area contributed by atoms with Crippen molar-refractivity contribution in [2.24, 2.45) is 52.3 Å². The third-order valence-corrected chi connectivity index (χ3v) is 10.8. The summed E-state index contributed by atoms with van der Waals surface area (Å²) in [5, 5.41) is 10.3. The maximum Gasteiger partial charge on any atom is 0.0543 e. The van der Waals surface area contributed by atoms with E-state index in [0.29, 0.717) is 10.8 Å². The predicted octanol–water partition coefficient (Wildman–Crippen LogP) is 8.49. The minimum atomic E-state index is -0.00830. The van der Waals surface area contributed by atoms with Crippen LogP contribution in [-0.2, 0) is 0 Å². The van der Waals surface area contributed by atoms with Gasteiger partial charge in [-0.3, -0.25) is 0 Å². The zero-order chi connectivity index (χ0) is 22.1. The highest BCUT2D eigenvalue weighted by Crippen LogP contribution is 2.68. The van der Waals surface area contributed by atoms with Crippen LogP contribution >= 0.6 is 0 Å². The molecule has 0 spiro atoms. The zero-order valence-corrected chi connectivity index (χ0v) is 21.6. The van der Waals surface area contributed by atoms with Crippen LogP contribution in [0.2, 0.25) is 0 Å². The molecule has 0 aliphatic heterocycles. The number of aliphatic hydroxyl groups excluding tert-OH is 1. The Balaban J connectivity index is 0.00000124. The van der Waals surface area contributed by atoms with Crippen molar-refractivity contribution >= 4 is 0 Å². The molecule has 4 rings (SSSR count). The number of hydrogen-bond acceptors (Lipinski definition) is 1. The first-order chi connectivity index (χ1) is 14.3. The van der Waals surface area contributed by atoms with Gasteiger partial charge in [-0.2, -0.15) is 0 Å². The first kappa shape index (κ1) is 24.6. The summed E-state index contributed by atoms with van der Waals surface area (Å²) in [5.74, 6) is 6.49. The molecule has 0 bridgehead atoms. The molecular formula is C29H54O. The normalized spacial score (nSPS) is 46.3. The molecule has 4 fully saturated rings. The van der Waals surface area contributed by atoms with Crippen molar-refractivity contribution < 1.29 is 5.11 Å². The lowest BCUT2D eigenvalue weighted by atomic mass is 9.44. The average molecular weight is 419 g/mol. The van der Waals surface area contributed by atoms with E-state index >= 15 is 0 Å². The van der Waals surface area contributed by atoms with Gasteiger partial charge in [-0.25, -0.2) is 0 Å². The van der Waals surface area contributed by atoms with E-state index in [1.165, 1.54) is 64.2 Å². The first-order valence-corrected chi connectivity index (χ1v) is 13.9. The topological polar surface area (TPSA) is 20.2 Å². The molecule has 1 heteroatoms. The van der Waals surface area contributed by atoms with Crippen molar-refractivity contribution in [3.05, 3.63) is 0 Å². The van der Waals surface area contributed by atoms with E-state index in [-0.39, 0.29) is 6.10 Å². The van der Waals surface area contributed by atoms with Crippen LogP contribution in [-0.4, -0.2) is 11.2 Å². The van der Waals surface area contributed by atoms with Crippen molar-refractivity contribution in [3.8, 4) is 0 Å². The van der Waals surface area contributed by atoms with E-state index < -0.39 is 0 Å². The van der Waals surface area contributed by atoms with Crippen LogP contribution < -0.4 is 0 Å². The summed E-state index contributed by atoms with van der Waals surface area (Å²) < 4.78 is 0. The van der Waals surface area contributed by atoms with Crippen LogP contribution in [0.4, 0.5) is 0 Å². The lowest BCUT2D eigenvalue weighted by Crippen LogP contribution is -2.54. The largest absolute Gasteiger partial charge is 0.393 e. The smallest absolute Gasteiger partial charge is 0.0543 e. The fraction of sp³-hybridized carbons (Fsp3) is 1.00. The number of aliphatic hydroxyl groups is 1. The summed E-state index contributed by atoms with van der Waals surface area (Å²) in [5.41, 5.74) is 1.15. The van der Waals surface area contributed by atoms with Gasteiger partial charge < -0.3 is 5.11 Å². The van der Waals surface area contributed by atoms with Crippen molar-refractivity contribution in [2.45, 2.75) is 132 Å². The quantitative estimate of drug-likeness (QED) is 0.474. The fourth-order valence-corrected chi connectivity index (χ4v) is 9.26. The van der Waals surface area contributed by atoms with Crippen LogP contribution in [0.1, 0.15) is 126 Å². The molecule has 1 nitrogen and oxygen atoms in total. The summed E-state index contributed by atoms with van der Waals surface area (Å²) in [6.07, 6.45) is 16.6. The van der Waals surface area contributed by atoms with Gasteiger partial charge in [0.25, 0.3) is 0 Å². The second kappa shape index (κ2) is 9.84. The molecule has 0 aromatic heterocycles. The molecule has 4 aliphatic rings. The summed E-state index contributed by atoms with van der Waals surface area (Å²) >= 11 is 0. The van der Waals surface area contributed by atoms with Gasteiger partial charge in [-0.05, 0) is 110 Å². The Labute approximate surface area is 189 Å². The standard InChI is InChI=1S/C27H48O.C2H6/c1-18(2)7-6-8-19(3)23-11-12-24-22-10-9-20-17-21(28)13-15-26(20,4)25(22)14-16-27(23,24)5;1-2/h18-25,28H,6-17H2,1-5H3;1-2H3/t19-,20?,21?,22?,23?,24?,25?,26?,27?;/m1./s1. The van der Waals surface area contributed by atoms with Crippen molar-refractivity contribution in [1.29, 1.82) is 0 Å². The molecule has 4 aliphatic carbocycles. The summed E-state index contributed by atoms with van der Waals surface area (Å²) in [6, 6.07) is 0. The van der Waals surface area contributed by atoms with E-state index in [1.807, 2.05) is 13.8 Å². The van der Waals surface area contributed by atoms with Crippen LogP contribution in [0.25, 0.3) is 0 Å². The van der Waals surface area contributed by atoms with Crippen LogP contribution in [0.15, 0.2) is 0 Å². The summed E-state index contributed by atoms with van der Waals surface area (Å²) in [7, 11) is 0. The Hall–Kier alpha value is -0.0400. The Kier molecular flexibility index (Phi) is 8.07. The van der Waals surface area contributed by atoms with Crippen LogP contribution in [0.5, 0.6) is 0 Å². The predicted molar refractivity (Wildman–Crippen MR) is 130 cm³/mol. The second-order valence-corrected chi connectivity index (χ2v) is 12.6. The molecule has 0 radical (unpaired) electrons. The highest BCUT2D eigenvalue weighted by Gasteiger charge is 2.60. The number of hydrogen-bond donors (Lipinski definition) is 1. The zero-order valence-electron chi connectivity index (χ0n) is 21.6. The van der Waals surface area contributed by atoms with Gasteiger partial charge in [0.2, 0.25) is 0 Å². The highest BCUT2D eigenvalue weighted by atomic mass is 16.3. The van der Waals surface area contributed by atoms with E-state index in [1.54, 1.807) is 0 Å². The number of fused-ring (bicyclic) bond motifs is 5. The minimum absolute atomic E-state index is 0.00830. The summed E-state index contributed by atoms with van der Waals surface area (Å²) in [6.45, 7) is 16.7. The highest BCUT2D eigenvalue weighted by molar-refractivity contribution is 5.09. The number of rotatable bonds is 5. The molecular weight excluding hydrogens is 364 g/mol. The molecule has 30 heavy (non-hydrogen) atoms. The van der Waals surface area contributed by atoms with Gasteiger partial charge in [-0.1, -0.05) is 67.7 Å². The van der Waals surface area contributed by atoms with E-state index in [2.05, 4.69) is 34.6 Å².